The average Bonchev–Trinajstić information content (AvgIpc) is 2.81. The molecule has 2 N–H and O–H groups in total. The fourth-order valence-corrected chi connectivity index (χ4v) is 2.80. The Morgan fingerprint density at radius 3 is 2.63 bits per heavy atom. The first-order valence-electron chi connectivity index (χ1n) is 7.31. The molecule has 1 aromatic carbocycles. The molecule has 106 valence electrons. The highest BCUT2D eigenvalue weighted by Gasteiger charge is 2.20. The van der Waals surface area contributed by atoms with Crippen molar-refractivity contribution < 1.29 is 4.74 Å². The number of nitrogens with zero attached hydrogens (tertiary/aromatic N) is 1. The Morgan fingerprint density at radius 2 is 2.00 bits per heavy atom. The Kier molecular flexibility index (Phi) is 5.23. The van der Waals surface area contributed by atoms with Crippen LogP contribution in [0.3, 0.4) is 0 Å². The van der Waals surface area contributed by atoms with E-state index in [4.69, 9.17) is 10.5 Å². The molecule has 19 heavy (non-hydrogen) atoms. The molecular weight excluding hydrogens is 236 g/mol. The highest BCUT2D eigenvalue weighted by atomic mass is 16.5. The summed E-state index contributed by atoms with van der Waals surface area (Å²) in [4.78, 5) is 2.50. The standard InChI is InChI=1S/C16H26N2O/c1-13-8-14(2)10-16(9-13)19-7-3-5-18-6-4-15(11-17)12-18/h8-10,15H,3-7,11-12,17H2,1-2H3. The van der Waals surface area contributed by atoms with Gasteiger partial charge in [0.2, 0.25) is 0 Å². The Labute approximate surface area is 116 Å². The van der Waals surface area contributed by atoms with Crippen molar-refractivity contribution in [1.82, 2.24) is 4.90 Å². The van der Waals surface area contributed by atoms with Gasteiger partial charge in [0, 0.05) is 13.1 Å². The predicted octanol–water partition coefficient (Wildman–Crippen LogP) is 2.35. The molecule has 0 aliphatic carbocycles. The molecule has 0 radical (unpaired) electrons. The lowest BCUT2D eigenvalue weighted by Crippen LogP contribution is -2.25. The molecule has 1 unspecified atom stereocenters. The van der Waals surface area contributed by atoms with Gasteiger partial charge in [0.25, 0.3) is 0 Å². The van der Waals surface area contributed by atoms with Crippen molar-refractivity contribution in [2.24, 2.45) is 11.7 Å². The maximum absolute atomic E-state index is 5.83. The van der Waals surface area contributed by atoms with Crippen molar-refractivity contribution >= 4 is 0 Å². The molecular formula is C16H26N2O. The number of rotatable bonds is 6. The molecule has 0 amide bonds. The molecule has 0 saturated carbocycles. The number of aryl methyl sites for hydroxylation is 2. The average molecular weight is 262 g/mol. The van der Waals surface area contributed by atoms with Gasteiger partial charge in [-0.15, -0.1) is 0 Å². The quantitative estimate of drug-likeness (QED) is 0.800. The van der Waals surface area contributed by atoms with Gasteiger partial charge in [-0.05, 0) is 69.0 Å². The van der Waals surface area contributed by atoms with Crippen LogP contribution in [0.5, 0.6) is 5.75 Å². The van der Waals surface area contributed by atoms with Gasteiger partial charge < -0.3 is 15.4 Å². The van der Waals surface area contributed by atoms with Crippen LogP contribution in [0.4, 0.5) is 0 Å². The van der Waals surface area contributed by atoms with Gasteiger partial charge >= 0.3 is 0 Å². The van der Waals surface area contributed by atoms with Crippen LogP contribution in [-0.2, 0) is 0 Å². The predicted molar refractivity (Wildman–Crippen MR) is 79.6 cm³/mol. The van der Waals surface area contributed by atoms with E-state index in [2.05, 4.69) is 36.9 Å². The van der Waals surface area contributed by atoms with E-state index < -0.39 is 0 Å². The summed E-state index contributed by atoms with van der Waals surface area (Å²) in [6, 6.07) is 6.38. The zero-order chi connectivity index (χ0) is 13.7. The minimum absolute atomic E-state index is 0.709. The molecule has 3 heteroatoms. The van der Waals surface area contributed by atoms with Crippen LogP contribution in [0.1, 0.15) is 24.0 Å². The van der Waals surface area contributed by atoms with Crippen LogP contribution < -0.4 is 10.5 Å². The summed E-state index contributed by atoms with van der Waals surface area (Å²) in [6.07, 6.45) is 2.35. The first kappa shape index (κ1) is 14.4. The van der Waals surface area contributed by atoms with Gasteiger partial charge in [0.15, 0.2) is 0 Å². The summed E-state index contributed by atoms with van der Waals surface area (Å²) < 4.78 is 5.83. The van der Waals surface area contributed by atoms with Crippen molar-refractivity contribution in [2.75, 3.05) is 32.8 Å². The Bertz CT molecular complexity index is 385. The van der Waals surface area contributed by atoms with E-state index in [9.17, 15) is 0 Å². The van der Waals surface area contributed by atoms with Crippen LogP contribution in [0.15, 0.2) is 18.2 Å². The number of likely N-dealkylation sites (tertiary alicyclic amines) is 1. The Hall–Kier alpha value is -1.06. The van der Waals surface area contributed by atoms with E-state index in [0.717, 1.165) is 31.9 Å². The van der Waals surface area contributed by atoms with Crippen molar-refractivity contribution in [2.45, 2.75) is 26.7 Å². The maximum atomic E-state index is 5.83. The molecule has 1 saturated heterocycles. The van der Waals surface area contributed by atoms with Crippen LogP contribution >= 0.6 is 0 Å². The van der Waals surface area contributed by atoms with E-state index in [1.54, 1.807) is 0 Å². The number of hydrogen-bond donors (Lipinski definition) is 1. The SMILES string of the molecule is Cc1cc(C)cc(OCCCN2CCC(CN)C2)c1. The summed E-state index contributed by atoms with van der Waals surface area (Å²) in [5.41, 5.74) is 8.23. The highest BCUT2D eigenvalue weighted by Crippen LogP contribution is 2.17. The van der Waals surface area contributed by atoms with E-state index in [-0.39, 0.29) is 0 Å². The molecule has 2 rings (SSSR count). The maximum Gasteiger partial charge on any atom is 0.119 e. The second kappa shape index (κ2) is 6.92. The summed E-state index contributed by atoms with van der Waals surface area (Å²) in [5.74, 6) is 1.71. The first-order valence-corrected chi connectivity index (χ1v) is 7.31. The largest absolute Gasteiger partial charge is 0.494 e. The summed E-state index contributed by atoms with van der Waals surface area (Å²) in [7, 11) is 0. The molecule has 1 atom stereocenters. The molecule has 0 aromatic heterocycles. The van der Waals surface area contributed by atoms with Crippen molar-refractivity contribution in [3.63, 3.8) is 0 Å². The summed E-state index contributed by atoms with van der Waals surface area (Å²) >= 11 is 0. The molecule has 1 heterocycles. The Balaban J connectivity index is 1.67. The summed E-state index contributed by atoms with van der Waals surface area (Å²) in [5, 5.41) is 0. The summed E-state index contributed by atoms with van der Waals surface area (Å²) in [6.45, 7) is 9.34. The van der Waals surface area contributed by atoms with Gasteiger partial charge in [0.1, 0.15) is 5.75 Å². The highest BCUT2D eigenvalue weighted by molar-refractivity contribution is 5.32. The van der Waals surface area contributed by atoms with Crippen LogP contribution in [0.25, 0.3) is 0 Å². The van der Waals surface area contributed by atoms with Gasteiger partial charge in [-0.25, -0.2) is 0 Å². The second-order valence-electron chi connectivity index (χ2n) is 5.72. The molecule has 1 aliphatic heterocycles. The van der Waals surface area contributed by atoms with Crippen molar-refractivity contribution in [1.29, 1.82) is 0 Å². The van der Waals surface area contributed by atoms with E-state index in [1.165, 1.54) is 30.6 Å². The third-order valence-corrected chi connectivity index (χ3v) is 3.79. The van der Waals surface area contributed by atoms with E-state index >= 15 is 0 Å². The number of ether oxygens (including phenoxy) is 1. The molecule has 0 bridgehead atoms. The topological polar surface area (TPSA) is 38.5 Å². The molecule has 3 nitrogen and oxygen atoms in total. The fraction of sp³-hybridized carbons (Fsp3) is 0.625. The van der Waals surface area contributed by atoms with Crippen molar-refractivity contribution in [3.05, 3.63) is 29.3 Å². The molecule has 1 aromatic rings. The van der Waals surface area contributed by atoms with E-state index in [1.807, 2.05) is 0 Å². The van der Waals surface area contributed by atoms with Crippen molar-refractivity contribution in [3.8, 4) is 5.75 Å². The normalized spacial score (nSPS) is 19.8. The monoisotopic (exact) mass is 262 g/mol. The molecule has 0 spiro atoms. The zero-order valence-corrected chi connectivity index (χ0v) is 12.2. The number of nitrogens with two attached hydrogens (primary N) is 1. The van der Waals surface area contributed by atoms with Crippen LogP contribution in [0, 0.1) is 19.8 Å². The second-order valence-corrected chi connectivity index (χ2v) is 5.72. The lowest BCUT2D eigenvalue weighted by molar-refractivity contribution is 0.259. The van der Waals surface area contributed by atoms with Crippen LogP contribution in [0.2, 0.25) is 0 Å². The van der Waals surface area contributed by atoms with Gasteiger partial charge in [-0.1, -0.05) is 6.07 Å². The number of hydrogen-bond acceptors (Lipinski definition) is 3. The smallest absolute Gasteiger partial charge is 0.119 e. The lowest BCUT2D eigenvalue weighted by Gasteiger charge is -2.15. The van der Waals surface area contributed by atoms with Gasteiger partial charge in [-0.2, -0.15) is 0 Å². The minimum atomic E-state index is 0.709. The molecule has 1 aliphatic rings. The third kappa shape index (κ3) is 4.51. The van der Waals surface area contributed by atoms with Gasteiger partial charge in [-0.3, -0.25) is 0 Å². The van der Waals surface area contributed by atoms with Gasteiger partial charge in [0.05, 0.1) is 6.61 Å². The zero-order valence-electron chi connectivity index (χ0n) is 12.2. The van der Waals surface area contributed by atoms with E-state index in [0.29, 0.717) is 5.92 Å². The Morgan fingerprint density at radius 1 is 1.26 bits per heavy atom. The third-order valence-electron chi connectivity index (χ3n) is 3.79. The van der Waals surface area contributed by atoms with Crippen LogP contribution in [-0.4, -0.2) is 37.7 Å². The number of benzene rings is 1. The minimum Gasteiger partial charge on any atom is -0.494 e. The molecule has 1 fully saturated rings. The first-order chi connectivity index (χ1) is 9.17. The lowest BCUT2D eigenvalue weighted by atomic mass is 10.1. The fourth-order valence-electron chi connectivity index (χ4n) is 2.80.